The molecule has 0 unspecified atom stereocenters. The molecule has 0 bridgehead atoms. The number of aromatic nitrogens is 4. The number of nitrogens with zero attached hydrogens (tertiary/aromatic N) is 4. The van der Waals surface area contributed by atoms with Gasteiger partial charge in [0.2, 0.25) is 5.89 Å². The predicted octanol–water partition coefficient (Wildman–Crippen LogP) is 1.26. The van der Waals surface area contributed by atoms with Crippen molar-refractivity contribution >= 4 is 0 Å². The first-order valence-electron chi connectivity index (χ1n) is 4.81. The Labute approximate surface area is 87.6 Å². The molecule has 0 spiro atoms. The third-order valence-electron chi connectivity index (χ3n) is 2.00. The van der Waals surface area contributed by atoms with E-state index in [1.807, 2.05) is 6.92 Å². The molecule has 0 saturated carbocycles. The van der Waals surface area contributed by atoms with Gasteiger partial charge in [-0.25, -0.2) is 0 Å². The Morgan fingerprint density at radius 3 is 2.60 bits per heavy atom. The second-order valence-corrected chi connectivity index (χ2v) is 3.38. The van der Waals surface area contributed by atoms with E-state index in [4.69, 9.17) is 4.52 Å². The molecule has 0 radical (unpaired) electrons. The average molecular weight is 204 g/mol. The zero-order valence-electron chi connectivity index (χ0n) is 8.77. The van der Waals surface area contributed by atoms with Crippen LogP contribution in [0.15, 0.2) is 16.9 Å². The minimum absolute atomic E-state index is 0.648. The number of rotatable bonds is 3. The van der Waals surface area contributed by atoms with Gasteiger partial charge in [-0.05, 0) is 20.3 Å². The lowest BCUT2D eigenvalue weighted by molar-refractivity contribution is 0.374. The highest BCUT2D eigenvalue weighted by atomic mass is 16.5. The van der Waals surface area contributed by atoms with Gasteiger partial charge in [-0.15, -0.1) is 0 Å². The van der Waals surface area contributed by atoms with Crippen molar-refractivity contribution in [2.75, 3.05) is 0 Å². The zero-order chi connectivity index (χ0) is 10.7. The summed E-state index contributed by atoms with van der Waals surface area (Å²) in [5.74, 6) is 1.31. The monoisotopic (exact) mass is 204 g/mol. The standard InChI is InChI=1S/C10H12N4O/c1-7-5-12-9(6-11-7)3-4-10-13-8(2)14-15-10/h5-6H,3-4H2,1-2H3. The van der Waals surface area contributed by atoms with Crippen molar-refractivity contribution < 1.29 is 4.52 Å². The second-order valence-electron chi connectivity index (χ2n) is 3.38. The maximum absolute atomic E-state index is 5.00. The van der Waals surface area contributed by atoms with E-state index in [1.54, 1.807) is 19.3 Å². The Balaban J connectivity index is 1.96. The van der Waals surface area contributed by atoms with E-state index in [1.165, 1.54) is 0 Å². The average Bonchev–Trinajstić information content (AvgIpc) is 2.64. The third-order valence-corrected chi connectivity index (χ3v) is 2.00. The summed E-state index contributed by atoms with van der Waals surface area (Å²) in [6, 6.07) is 0. The van der Waals surface area contributed by atoms with E-state index in [2.05, 4.69) is 20.1 Å². The van der Waals surface area contributed by atoms with Gasteiger partial charge in [0.25, 0.3) is 0 Å². The molecule has 0 saturated heterocycles. The summed E-state index contributed by atoms with van der Waals surface area (Å²) in [5, 5.41) is 3.72. The maximum Gasteiger partial charge on any atom is 0.227 e. The molecule has 15 heavy (non-hydrogen) atoms. The van der Waals surface area contributed by atoms with Crippen LogP contribution in [0.25, 0.3) is 0 Å². The Kier molecular flexibility index (Phi) is 2.71. The summed E-state index contributed by atoms with van der Waals surface area (Å²) < 4.78 is 5.00. The van der Waals surface area contributed by atoms with Crippen LogP contribution >= 0.6 is 0 Å². The van der Waals surface area contributed by atoms with E-state index >= 15 is 0 Å². The van der Waals surface area contributed by atoms with Gasteiger partial charge in [0.05, 0.1) is 11.4 Å². The molecule has 5 nitrogen and oxygen atoms in total. The highest BCUT2D eigenvalue weighted by molar-refractivity contribution is 5.02. The summed E-state index contributed by atoms with van der Waals surface area (Å²) in [7, 11) is 0. The first-order chi connectivity index (χ1) is 7.24. The fourth-order valence-electron chi connectivity index (χ4n) is 1.23. The SMILES string of the molecule is Cc1cnc(CCc2nc(C)no2)cn1. The van der Waals surface area contributed by atoms with Crippen LogP contribution in [0.3, 0.4) is 0 Å². The largest absolute Gasteiger partial charge is 0.339 e. The molecular formula is C10H12N4O. The third kappa shape index (κ3) is 2.59. The molecule has 2 rings (SSSR count). The highest BCUT2D eigenvalue weighted by Crippen LogP contribution is 2.02. The fraction of sp³-hybridized carbons (Fsp3) is 0.400. The van der Waals surface area contributed by atoms with Crippen LogP contribution in [0, 0.1) is 13.8 Å². The van der Waals surface area contributed by atoms with Crippen molar-refractivity contribution in [1.82, 2.24) is 20.1 Å². The van der Waals surface area contributed by atoms with Crippen LogP contribution in [0.5, 0.6) is 0 Å². The first kappa shape index (κ1) is 9.76. The molecule has 2 heterocycles. The Morgan fingerprint density at radius 2 is 2.00 bits per heavy atom. The topological polar surface area (TPSA) is 64.7 Å². The molecule has 0 aliphatic heterocycles. The van der Waals surface area contributed by atoms with E-state index in [0.29, 0.717) is 18.1 Å². The Hall–Kier alpha value is -1.78. The molecule has 0 aliphatic carbocycles. The molecule has 5 heteroatoms. The second kappa shape index (κ2) is 4.16. The maximum atomic E-state index is 5.00. The Morgan fingerprint density at radius 1 is 1.13 bits per heavy atom. The van der Waals surface area contributed by atoms with Crippen molar-refractivity contribution in [3.05, 3.63) is 35.5 Å². The molecule has 78 valence electrons. The molecule has 0 fully saturated rings. The van der Waals surface area contributed by atoms with Gasteiger partial charge in [-0.1, -0.05) is 5.16 Å². The molecule has 0 aliphatic rings. The van der Waals surface area contributed by atoms with Crippen molar-refractivity contribution in [1.29, 1.82) is 0 Å². The predicted molar refractivity (Wildman–Crippen MR) is 53.2 cm³/mol. The lowest BCUT2D eigenvalue weighted by Crippen LogP contribution is -1.96. The molecule has 0 amide bonds. The summed E-state index contributed by atoms with van der Waals surface area (Å²) in [4.78, 5) is 12.5. The van der Waals surface area contributed by atoms with Crippen LogP contribution in [0.1, 0.15) is 23.1 Å². The fourth-order valence-corrected chi connectivity index (χ4v) is 1.23. The van der Waals surface area contributed by atoms with Crippen LogP contribution in [0.2, 0.25) is 0 Å². The molecular weight excluding hydrogens is 192 g/mol. The van der Waals surface area contributed by atoms with Crippen LogP contribution in [-0.2, 0) is 12.8 Å². The summed E-state index contributed by atoms with van der Waals surface area (Å²) in [5.41, 5.74) is 1.86. The van der Waals surface area contributed by atoms with Crippen LogP contribution in [-0.4, -0.2) is 20.1 Å². The van der Waals surface area contributed by atoms with E-state index in [9.17, 15) is 0 Å². The van der Waals surface area contributed by atoms with Gasteiger partial charge in [0.1, 0.15) is 0 Å². The molecule has 0 N–H and O–H groups in total. The van der Waals surface area contributed by atoms with Crippen molar-refractivity contribution in [2.45, 2.75) is 26.7 Å². The summed E-state index contributed by atoms with van der Waals surface area (Å²) in [6.07, 6.45) is 5.01. The number of hydrogen-bond acceptors (Lipinski definition) is 5. The van der Waals surface area contributed by atoms with Gasteiger partial charge in [0, 0.05) is 18.8 Å². The highest BCUT2D eigenvalue weighted by Gasteiger charge is 2.03. The van der Waals surface area contributed by atoms with Gasteiger partial charge in [0.15, 0.2) is 5.82 Å². The summed E-state index contributed by atoms with van der Waals surface area (Å²) >= 11 is 0. The van der Waals surface area contributed by atoms with E-state index < -0.39 is 0 Å². The lowest BCUT2D eigenvalue weighted by Gasteiger charge is -1.96. The normalized spacial score (nSPS) is 10.5. The molecule has 2 aromatic rings. The quantitative estimate of drug-likeness (QED) is 0.753. The zero-order valence-corrected chi connectivity index (χ0v) is 8.77. The van der Waals surface area contributed by atoms with Gasteiger partial charge in [-0.2, -0.15) is 4.98 Å². The van der Waals surface area contributed by atoms with Gasteiger partial charge >= 0.3 is 0 Å². The van der Waals surface area contributed by atoms with E-state index in [0.717, 1.165) is 17.8 Å². The van der Waals surface area contributed by atoms with Crippen molar-refractivity contribution in [2.24, 2.45) is 0 Å². The van der Waals surface area contributed by atoms with Crippen molar-refractivity contribution in [3.63, 3.8) is 0 Å². The first-order valence-corrected chi connectivity index (χ1v) is 4.81. The molecule has 0 aromatic carbocycles. The minimum atomic E-state index is 0.648. The number of aryl methyl sites for hydroxylation is 4. The summed E-state index contributed by atoms with van der Waals surface area (Å²) in [6.45, 7) is 3.72. The van der Waals surface area contributed by atoms with Gasteiger partial charge < -0.3 is 4.52 Å². The van der Waals surface area contributed by atoms with Gasteiger partial charge in [-0.3, -0.25) is 9.97 Å². The number of hydrogen-bond donors (Lipinski definition) is 0. The Bertz CT molecular complexity index is 435. The van der Waals surface area contributed by atoms with Crippen LogP contribution < -0.4 is 0 Å². The minimum Gasteiger partial charge on any atom is -0.339 e. The van der Waals surface area contributed by atoms with E-state index in [-0.39, 0.29) is 0 Å². The smallest absolute Gasteiger partial charge is 0.227 e. The molecule has 2 aromatic heterocycles. The molecule has 0 atom stereocenters. The lowest BCUT2D eigenvalue weighted by atomic mass is 10.2. The van der Waals surface area contributed by atoms with Crippen molar-refractivity contribution in [3.8, 4) is 0 Å². The van der Waals surface area contributed by atoms with Crippen LogP contribution in [0.4, 0.5) is 0 Å².